The molecule has 3 amide bonds. The number of benzene rings is 2. The van der Waals surface area contributed by atoms with Gasteiger partial charge in [-0.05, 0) is 24.6 Å². The molecule has 170 valence electrons. The first-order valence-electron chi connectivity index (χ1n) is 10.7. The van der Waals surface area contributed by atoms with Crippen molar-refractivity contribution < 1.29 is 14.4 Å². The maximum Gasteiger partial charge on any atom is 0.238 e. The number of anilines is 1. The number of nitrogens with one attached hydrogen (secondary N) is 2. The van der Waals surface area contributed by atoms with Crippen molar-refractivity contribution in [3.05, 3.63) is 64.7 Å². The van der Waals surface area contributed by atoms with Gasteiger partial charge in [0, 0.05) is 33.1 Å². The second kappa shape index (κ2) is 11.1. The number of hydrogen-bond acceptors (Lipinski definition) is 4. The van der Waals surface area contributed by atoms with Gasteiger partial charge in [0.2, 0.25) is 17.7 Å². The molecule has 2 aromatic carbocycles. The minimum absolute atomic E-state index is 0.00973. The van der Waals surface area contributed by atoms with Gasteiger partial charge >= 0.3 is 0 Å². The number of hydrogen-bond donors (Lipinski definition) is 2. The second-order valence-corrected chi connectivity index (χ2v) is 8.46. The number of halogens is 1. The van der Waals surface area contributed by atoms with Gasteiger partial charge in [-0.15, -0.1) is 0 Å². The van der Waals surface area contributed by atoms with Crippen molar-refractivity contribution in [2.24, 2.45) is 0 Å². The highest BCUT2D eigenvalue weighted by Crippen LogP contribution is 2.21. The van der Waals surface area contributed by atoms with Crippen LogP contribution in [-0.2, 0) is 14.4 Å². The molecule has 2 N–H and O–H groups in total. The summed E-state index contributed by atoms with van der Waals surface area (Å²) >= 11 is 6.09. The van der Waals surface area contributed by atoms with Gasteiger partial charge in [-0.25, -0.2) is 0 Å². The summed E-state index contributed by atoms with van der Waals surface area (Å²) in [5.74, 6) is -0.315. The molecule has 0 aliphatic carbocycles. The van der Waals surface area contributed by atoms with Crippen molar-refractivity contribution >= 4 is 35.0 Å². The van der Waals surface area contributed by atoms with Crippen LogP contribution in [0.1, 0.15) is 30.5 Å². The summed E-state index contributed by atoms with van der Waals surface area (Å²) in [4.78, 5) is 40.7. The van der Waals surface area contributed by atoms with Crippen LogP contribution in [-0.4, -0.2) is 60.2 Å². The van der Waals surface area contributed by atoms with Crippen molar-refractivity contribution in [2.75, 3.05) is 38.0 Å². The van der Waals surface area contributed by atoms with Crippen molar-refractivity contribution in [3.63, 3.8) is 0 Å². The Morgan fingerprint density at radius 3 is 2.28 bits per heavy atom. The first-order valence-corrected chi connectivity index (χ1v) is 11.1. The van der Waals surface area contributed by atoms with Crippen molar-refractivity contribution in [3.8, 4) is 0 Å². The average Bonchev–Trinajstić information content (AvgIpc) is 2.75. The van der Waals surface area contributed by atoms with Crippen LogP contribution in [0.5, 0.6) is 0 Å². The van der Waals surface area contributed by atoms with Crippen LogP contribution in [0.15, 0.2) is 48.5 Å². The van der Waals surface area contributed by atoms with Gasteiger partial charge in [-0.1, -0.05) is 53.6 Å². The molecular weight excluding hydrogens is 428 g/mol. The quantitative estimate of drug-likeness (QED) is 0.671. The van der Waals surface area contributed by atoms with Crippen LogP contribution < -0.4 is 10.6 Å². The summed E-state index contributed by atoms with van der Waals surface area (Å²) in [5.41, 5.74) is 2.62. The molecule has 0 aromatic heterocycles. The lowest BCUT2D eigenvalue weighted by Gasteiger charge is -2.35. The topological polar surface area (TPSA) is 81.8 Å². The molecule has 3 rings (SSSR count). The number of carbonyl (C=O) groups excluding carboxylic acids is 3. The number of rotatable bonds is 7. The Kier molecular flexibility index (Phi) is 8.25. The van der Waals surface area contributed by atoms with Crippen molar-refractivity contribution in [1.82, 2.24) is 15.1 Å². The minimum Gasteiger partial charge on any atom is -0.349 e. The van der Waals surface area contributed by atoms with Crippen LogP contribution in [0.4, 0.5) is 5.69 Å². The van der Waals surface area contributed by atoms with E-state index in [0.717, 1.165) is 11.1 Å². The minimum atomic E-state index is -0.361. The van der Waals surface area contributed by atoms with E-state index in [9.17, 15) is 14.4 Å². The Bertz CT molecular complexity index is 956. The Morgan fingerprint density at radius 2 is 1.66 bits per heavy atom. The van der Waals surface area contributed by atoms with Crippen LogP contribution in [0, 0.1) is 6.92 Å². The van der Waals surface area contributed by atoms with Crippen LogP contribution >= 0.6 is 11.6 Å². The molecule has 7 nitrogen and oxygen atoms in total. The summed E-state index contributed by atoms with van der Waals surface area (Å²) in [6.07, 6.45) is 0.204. The summed E-state index contributed by atoms with van der Waals surface area (Å²) < 4.78 is 0. The molecule has 32 heavy (non-hydrogen) atoms. The third-order valence-corrected chi connectivity index (χ3v) is 5.81. The molecule has 0 bridgehead atoms. The Morgan fingerprint density at radius 1 is 1.00 bits per heavy atom. The third-order valence-electron chi connectivity index (χ3n) is 5.48. The number of amides is 3. The molecule has 0 spiro atoms. The normalized spacial score (nSPS) is 15.2. The van der Waals surface area contributed by atoms with E-state index in [1.807, 2.05) is 48.2 Å². The van der Waals surface area contributed by atoms with Crippen molar-refractivity contribution in [2.45, 2.75) is 26.3 Å². The highest BCUT2D eigenvalue weighted by Gasteiger charge is 2.25. The molecule has 1 saturated heterocycles. The molecule has 1 atom stereocenters. The fraction of sp³-hybridized carbons (Fsp3) is 0.375. The largest absolute Gasteiger partial charge is 0.349 e. The molecule has 0 radical (unpaired) electrons. The van der Waals surface area contributed by atoms with E-state index in [-0.39, 0.29) is 36.7 Å². The lowest BCUT2D eigenvalue weighted by atomic mass is 10.0. The van der Waals surface area contributed by atoms with E-state index in [2.05, 4.69) is 10.6 Å². The van der Waals surface area contributed by atoms with Gasteiger partial charge in [0.05, 0.1) is 29.7 Å². The van der Waals surface area contributed by atoms with E-state index >= 15 is 0 Å². The van der Waals surface area contributed by atoms with E-state index in [1.54, 1.807) is 17.0 Å². The number of piperazine rings is 1. The highest BCUT2D eigenvalue weighted by molar-refractivity contribution is 6.33. The van der Waals surface area contributed by atoms with E-state index in [0.29, 0.717) is 36.9 Å². The van der Waals surface area contributed by atoms with Gasteiger partial charge in [0.1, 0.15) is 0 Å². The zero-order valence-corrected chi connectivity index (χ0v) is 19.2. The predicted molar refractivity (Wildman–Crippen MR) is 125 cm³/mol. The standard InChI is InChI=1S/C24H29ClN4O3/c1-17-7-9-19(10-8-17)22(26-18(2)30)15-24(32)29-13-11-28(12-14-29)16-23(31)27-21-6-4-3-5-20(21)25/h3-10,22H,11-16H2,1-2H3,(H,26,30)(H,27,31). The molecule has 1 unspecified atom stereocenters. The summed E-state index contributed by atoms with van der Waals surface area (Å²) in [5, 5.41) is 6.21. The zero-order chi connectivity index (χ0) is 23.1. The second-order valence-electron chi connectivity index (χ2n) is 8.05. The maximum atomic E-state index is 12.9. The molecule has 1 fully saturated rings. The lowest BCUT2D eigenvalue weighted by Crippen LogP contribution is -2.51. The fourth-order valence-electron chi connectivity index (χ4n) is 3.71. The predicted octanol–water partition coefficient (Wildman–Crippen LogP) is 3.00. The Hall–Kier alpha value is -2.90. The number of para-hydroxylation sites is 1. The zero-order valence-electron chi connectivity index (χ0n) is 18.4. The van der Waals surface area contributed by atoms with Gasteiger partial charge < -0.3 is 15.5 Å². The van der Waals surface area contributed by atoms with Gasteiger partial charge in [-0.3, -0.25) is 19.3 Å². The van der Waals surface area contributed by atoms with Crippen LogP contribution in [0.25, 0.3) is 0 Å². The Labute approximate surface area is 193 Å². The first-order chi connectivity index (χ1) is 15.3. The van der Waals surface area contributed by atoms with Crippen LogP contribution in [0.3, 0.4) is 0 Å². The summed E-state index contributed by atoms with van der Waals surface area (Å²) in [7, 11) is 0. The number of carbonyl (C=O) groups is 3. The van der Waals surface area contributed by atoms with Gasteiger partial charge in [-0.2, -0.15) is 0 Å². The molecule has 1 aliphatic heterocycles. The number of aryl methyl sites for hydroxylation is 1. The molecule has 8 heteroatoms. The number of nitrogens with zero attached hydrogens (tertiary/aromatic N) is 2. The lowest BCUT2D eigenvalue weighted by molar-refractivity contribution is -0.133. The SMILES string of the molecule is CC(=O)NC(CC(=O)N1CCN(CC(=O)Nc2ccccc2Cl)CC1)c1ccc(C)cc1. The first kappa shape index (κ1) is 23.8. The van der Waals surface area contributed by atoms with Crippen molar-refractivity contribution in [1.29, 1.82) is 0 Å². The molecule has 1 heterocycles. The Balaban J connectivity index is 1.50. The smallest absolute Gasteiger partial charge is 0.238 e. The average molecular weight is 457 g/mol. The molecule has 0 saturated carbocycles. The monoisotopic (exact) mass is 456 g/mol. The fourth-order valence-corrected chi connectivity index (χ4v) is 3.89. The van der Waals surface area contributed by atoms with Gasteiger partial charge in [0.15, 0.2) is 0 Å². The highest BCUT2D eigenvalue weighted by atomic mass is 35.5. The van der Waals surface area contributed by atoms with Crippen LogP contribution in [0.2, 0.25) is 5.02 Å². The van der Waals surface area contributed by atoms with E-state index < -0.39 is 0 Å². The third kappa shape index (κ3) is 6.80. The molecule has 1 aliphatic rings. The molecule has 2 aromatic rings. The van der Waals surface area contributed by atoms with E-state index in [4.69, 9.17) is 11.6 Å². The molecular formula is C24H29ClN4O3. The maximum absolute atomic E-state index is 12.9. The summed E-state index contributed by atoms with van der Waals surface area (Å²) in [6, 6.07) is 14.6. The summed E-state index contributed by atoms with van der Waals surface area (Å²) in [6.45, 7) is 5.99. The van der Waals surface area contributed by atoms with E-state index in [1.165, 1.54) is 6.92 Å². The van der Waals surface area contributed by atoms with Gasteiger partial charge in [0.25, 0.3) is 0 Å².